The van der Waals surface area contributed by atoms with Gasteiger partial charge in [-0.3, -0.25) is 9.79 Å². The summed E-state index contributed by atoms with van der Waals surface area (Å²) in [7, 11) is 3.36. The van der Waals surface area contributed by atoms with Crippen molar-refractivity contribution >= 4 is 29.3 Å². The van der Waals surface area contributed by atoms with E-state index < -0.39 is 0 Å². The Hall–Kier alpha value is -1.89. The number of rotatable bonds is 6. The average molecular weight is 365 g/mol. The molecule has 0 aliphatic carbocycles. The molecule has 1 heterocycles. The van der Waals surface area contributed by atoms with Crippen molar-refractivity contribution in [3.63, 3.8) is 0 Å². The molecule has 0 spiro atoms. The number of thioether (sulfide) groups is 1. The van der Waals surface area contributed by atoms with Gasteiger partial charge in [-0.1, -0.05) is 6.07 Å². The van der Waals surface area contributed by atoms with E-state index in [4.69, 9.17) is 4.74 Å². The minimum absolute atomic E-state index is 0.122. The zero-order valence-electron chi connectivity index (χ0n) is 15.4. The standard InChI is InChI=1S/C18H28N4O2S/c1-13(23)22-15-10-14(6-7-16(15)24-4)11-20-17(19-3)21-12-18(2)8-5-9-25-18/h6-7,10H,5,8-9,11-12H2,1-4H3,(H,22,23)(H2,19,20,21). The molecule has 1 aromatic rings. The van der Waals surface area contributed by atoms with E-state index in [1.165, 1.54) is 25.5 Å². The van der Waals surface area contributed by atoms with E-state index in [2.05, 4.69) is 27.9 Å². The lowest BCUT2D eigenvalue weighted by Gasteiger charge is -2.24. The van der Waals surface area contributed by atoms with Crippen LogP contribution in [0.5, 0.6) is 5.75 Å². The zero-order chi connectivity index (χ0) is 18.3. The minimum atomic E-state index is -0.122. The molecule has 1 aliphatic heterocycles. The number of anilines is 1. The molecule has 25 heavy (non-hydrogen) atoms. The van der Waals surface area contributed by atoms with Crippen LogP contribution in [0.2, 0.25) is 0 Å². The van der Waals surface area contributed by atoms with Crippen molar-refractivity contribution in [2.24, 2.45) is 4.99 Å². The normalized spacial score (nSPS) is 20.2. The lowest BCUT2D eigenvalue weighted by atomic mass is 10.1. The maximum atomic E-state index is 11.3. The van der Waals surface area contributed by atoms with Crippen LogP contribution in [0.4, 0.5) is 5.69 Å². The van der Waals surface area contributed by atoms with Gasteiger partial charge in [0, 0.05) is 31.8 Å². The van der Waals surface area contributed by atoms with Crippen molar-refractivity contribution in [1.82, 2.24) is 10.6 Å². The summed E-state index contributed by atoms with van der Waals surface area (Å²) in [6.45, 7) is 5.29. The Morgan fingerprint density at radius 1 is 1.40 bits per heavy atom. The van der Waals surface area contributed by atoms with Crippen molar-refractivity contribution in [2.75, 3.05) is 31.8 Å². The fourth-order valence-corrected chi connectivity index (χ4v) is 4.05. The topological polar surface area (TPSA) is 74.8 Å². The van der Waals surface area contributed by atoms with Gasteiger partial charge in [0.2, 0.25) is 5.91 Å². The van der Waals surface area contributed by atoms with Gasteiger partial charge < -0.3 is 20.7 Å². The molecule has 2 rings (SSSR count). The largest absolute Gasteiger partial charge is 0.495 e. The first-order valence-corrected chi connectivity index (χ1v) is 9.47. The van der Waals surface area contributed by atoms with Gasteiger partial charge in [0.1, 0.15) is 5.75 Å². The van der Waals surface area contributed by atoms with Gasteiger partial charge in [-0.15, -0.1) is 0 Å². The SMILES string of the molecule is CN=C(NCc1ccc(OC)c(NC(C)=O)c1)NCC1(C)CCCS1. The monoisotopic (exact) mass is 364 g/mol. The van der Waals surface area contributed by atoms with Crippen LogP contribution >= 0.6 is 11.8 Å². The number of hydrogen-bond donors (Lipinski definition) is 3. The molecule has 1 unspecified atom stereocenters. The maximum Gasteiger partial charge on any atom is 0.221 e. The Balaban J connectivity index is 1.93. The van der Waals surface area contributed by atoms with Gasteiger partial charge in [0.05, 0.1) is 12.8 Å². The van der Waals surface area contributed by atoms with Crippen LogP contribution in [0.3, 0.4) is 0 Å². The summed E-state index contributed by atoms with van der Waals surface area (Å²) in [6, 6.07) is 5.74. The van der Waals surface area contributed by atoms with Gasteiger partial charge >= 0.3 is 0 Å². The molecule has 1 atom stereocenters. The van der Waals surface area contributed by atoms with Crippen LogP contribution in [-0.4, -0.2) is 43.1 Å². The van der Waals surface area contributed by atoms with Crippen molar-refractivity contribution in [2.45, 2.75) is 38.0 Å². The number of nitrogens with zero attached hydrogens (tertiary/aromatic N) is 1. The number of amides is 1. The van der Waals surface area contributed by atoms with Crippen molar-refractivity contribution < 1.29 is 9.53 Å². The molecule has 0 aromatic heterocycles. The number of benzene rings is 1. The highest BCUT2D eigenvalue weighted by atomic mass is 32.2. The molecule has 138 valence electrons. The molecule has 1 aliphatic rings. The number of nitrogens with one attached hydrogen (secondary N) is 3. The second-order valence-corrected chi connectivity index (χ2v) is 8.08. The highest BCUT2D eigenvalue weighted by molar-refractivity contribution is 8.00. The predicted octanol–water partition coefficient (Wildman–Crippen LogP) is 2.60. The Kier molecular flexibility index (Phi) is 6.99. The molecule has 1 amide bonds. The molecule has 0 saturated carbocycles. The molecular formula is C18H28N4O2S. The van der Waals surface area contributed by atoms with Gasteiger partial charge in [0.25, 0.3) is 0 Å². The van der Waals surface area contributed by atoms with E-state index in [-0.39, 0.29) is 10.7 Å². The fourth-order valence-electron chi connectivity index (χ4n) is 2.81. The molecule has 0 radical (unpaired) electrons. The van der Waals surface area contributed by atoms with Crippen LogP contribution in [-0.2, 0) is 11.3 Å². The van der Waals surface area contributed by atoms with Crippen molar-refractivity contribution in [3.8, 4) is 5.75 Å². The highest BCUT2D eigenvalue weighted by Crippen LogP contribution is 2.36. The van der Waals surface area contributed by atoms with E-state index in [0.717, 1.165) is 18.1 Å². The van der Waals surface area contributed by atoms with E-state index >= 15 is 0 Å². The lowest BCUT2D eigenvalue weighted by molar-refractivity contribution is -0.114. The quantitative estimate of drug-likeness (QED) is 0.534. The predicted molar refractivity (Wildman–Crippen MR) is 106 cm³/mol. The average Bonchev–Trinajstić information content (AvgIpc) is 3.01. The number of carbonyl (C=O) groups is 1. The molecule has 1 aromatic carbocycles. The van der Waals surface area contributed by atoms with Crippen LogP contribution in [0.1, 0.15) is 32.3 Å². The number of methoxy groups -OCH3 is 1. The van der Waals surface area contributed by atoms with Crippen molar-refractivity contribution in [3.05, 3.63) is 23.8 Å². The molecule has 1 fully saturated rings. The fraction of sp³-hybridized carbons (Fsp3) is 0.556. The summed E-state index contributed by atoms with van der Waals surface area (Å²) < 4.78 is 5.57. The first kappa shape index (κ1) is 19.4. The zero-order valence-corrected chi connectivity index (χ0v) is 16.3. The van der Waals surface area contributed by atoms with E-state index in [1.54, 1.807) is 14.2 Å². The lowest BCUT2D eigenvalue weighted by Crippen LogP contribution is -2.43. The Bertz CT molecular complexity index is 628. The molecule has 0 bridgehead atoms. The van der Waals surface area contributed by atoms with Gasteiger partial charge in [-0.2, -0.15) is 11.8 Å². The van der Waals surface area contributed by atoms with Crippen molar-refractivity contribution in [1.29, 1.82) is 0 Å². The number of hydrogen-bond acceptors (Lipinski definition) is 4. The van der Waals surface area contributed by atoms with E-state index in [1.807, 2.05) is 30.0 Å². The van der Waals surface area contributed by atoms with E-state index in [9.17, 15) is 4.79 Å². The summed E-state index contributed by atoms with van der Waals surface area (Å²) >= 11 is 2.02. The van der Waals surface area contributed by atoms with Gasteiger partial charge in [0.15, 0.2) is 5.96 Å². The van der Waals surface area contributed by atoms with Crippen LogP contribution in [0, 0.1) is 0 Å². The third-order valence-electron chi connectivity index (χ3n) is 4.19. The second kappa shape index (κ2) is 8.99. The Morgan fingerprint density at radius 2 is 2.20 bits per heavy atom. The van der Waals surface area contributed by atoms with E-state index in [0.29, 0.717) is 18.0 Å². The summed E-state index contributed by atoms with van der Waals surface area (Å²) in [4.78, 5) is 15.6. The molecule has 7 heteroatoms. The Morgan fingerprint density at radius 3 is 2.80 bits per heavy atom. The first-order chi connectivity index (χ1) is 12.0. The molecule has 3 N–H and O–H groups in total. The third kappa shape index (κ3) is 5.85. The molecule has 6 nitrogen and oxygen atoms in total. The summed E-state index contributed by atoms with van der Waals surface area (Å²) in [6.07, 6.45) is 2.52. The summed E-state index contributed by atoms with van der Waals surface area (Å²) in [5, 5.41) is 9.53. The van der Waals surface area contributed by atoms with Crippen LogP contribution < -0.4 is 20.7 Å². The second-order valence-electron chi connectivity index (χ2n) is 6.40. The third-order valence-corrected chi connectivity index (χ3v) is 5.73. The van der Waals surface area contributed by atoms with Gasteiger partial charge in [-0.25, -0.2) is 0 Å². The summed E-state index contributed by atoms with van der Waals surface area (Å²) in [5.74, 6) is 2.54. The Labute approximate surface area is 154 Å². The smallest absolute Gasteiger partial charge is 0.221 e. The number of ether oxygens (including phenoxy) is 1. The van der Waals surface area contributed by atoms with Crippen LogP contribution in [0.25, 0.3) is 0 Å². The first-order valence-electron chi connectivity index (χ1n) is 8.49. The number of carbonyl (C=O) groups excluding carboxylic acids is 1. The highest BCUT2D eigenvalue weighted by Gasteiger charge is 2.29. The summed E-state index contributed by atoms with van der Waals surface area (Å²) in [5.41, 5.74) is 1.71. The maximum absolute atomic E-state index is 11.3. The molecule has 1 saturated heterocycles. The number of guanidine groups is 1. The van der Waals surface area contributed by atoms with Gasteiger partial charge in [-0.05, 0) is 43.2 Å². The minimum Gasteiger partial charge on any atom is -0.495 e. The molecular weight excluding hydrogens is 336 g/mol. The number of aliphatic imine (C=N–C) groups is 1. The van der Waals surface area contributed by atoms with Crippen LogP contribution in [0.15, 0.2) is 23.2 Å².